The monoisotopic (exact) mass is 344 g/mol. The summed E-state index contributed by atoms with van der Waals surface area (Å²) >= 11 is 12.2. The van der Waals surface area contributed by atoms with Crippen LogP contribution in [0.1, 0.15) is 24.4 Å². The van der Waals surface area contributed by atoms with Crippen molar-refractivity contribution in [1.29, 1.82) is 0 Å². The fourth-order valence-electron chi connectivity index (χ4n) is 3.11. The summed E-state index contributed by atoms with van der Waals surface area (Å²) in [5, 5.41) is 23.3. The average Bonchev–Trinajstić information content (AvgIpc) is 2.88. The number of β-amino-alcohol motifs (C(OH)–C–C–N with tert-alkyl or cyclic N) is 1. The molecule has 0 spiro atoms. The molecule has 0 saturated carbocycles. The van der Waals surface area contributed by atoms with Crippen molar-refractivity contribution in [3.63, 3.8) is 0 Å². The Balaban J connectivity index is 1.63. The number of halogens is 2. The van der Waals surface area contributed by atoms with Gasteiger partial charge in [-0.15, -0.1) is 0 Å². The molecule has 1 aromatic carbocycles. The molecule has 22 heavy (non-hydrogen) atoms. The summed E-state index contributed by atoms with van der Waals surface area (Å²) in [6, 6.07) is 2.99. The van der Waals surface area contributed by atoms with Gasteiger partial charge >= 0.3 is 0 Å². The third-order valence-electron chi connectivity index (χ3n) is 4.36. The molecule has 0 aromatic heterocycles. The Morgan fingerprint density at radius 1 is 1.36 bits per heavy atom. The second-order valence-corrected chi connectivity index (χ2v) is 6.80. The van der Waals surface area contributed by atoms with Gasteiger partial charge in [-0.25, -0.2) is 0 Å². The quantitative estimate of drug-likeness (QED) is 0.783. The Morgan fingerprint density at radius 2 is 2.09 bits per heavy atom. The van der Waals surface area contributed by atoms with Crippen LogP contribution in [-0.4, -0.2) is 46.8 Å². The topological polar surface area (TPSA) is 72.8 Å². The van der Waals surface area contributed by atoms with E-state index < -0.39 is 0 Å². The number of carbonyl (C=O) groups excluding carboxylic acids is 1. The van der Waals surface area contributed by atoms with E-state index in [0.717, 1.165) is 6.42 Å². The van der Waals surface area contributed by atoms with E-state index >= 15 is 0 Å². The number of aliphatic hydroxyl groups is 1. The summed E-state index contributed by atoms with van der Waals surface area (Å²) in [7, 11) is 0. The van der Waals surface area contributed by atoms with Crippen molar-refractivity contribution in [3.05, 3.63) is 27.7 Å². The molecule has 3 rings (SSSR count). The lowest BCUT2D eigenvalue weighted by atomic mass is 9.96. The van der Waals surface area contributed by atoms with Crippen LogP contribution in [0.15, 0.2) is 12.1 Å². The number of benzene rings is 1. The number of aromatic hydroxyl groups is 1. The highest BCUT2D eigenvalue weighted by molar-refractivity contribution is 6.42. The normalized spacial score (nSPS) is 25.3. The maximum Gasteiger partial charge on any atom is 0.223 e. The van der Waals surface area contributed by atoms with Crippen LogP contribution >= 0.6 is 23.2 Å². The van der Waals surface area contributed by atoms with Gasteiger partial charge in [-0.3, -0.25) is 4.79 Å². The first-order valence-corrected chi connectivity index (χ1v) is 8.07. The Kier molecular flexibility index (Phi) is 4.50. The zero-order valence-electron chi connectivity index (χ0n) is 11.9. The average molecular weight is 345 g/mol. The Labute approximate surface area is 138 Å². The largest absolute Gasteiger partial charge is 0.508 e. The number of likely N-dealkylation sites (tertiary alicyclic amines) is 1. The minimum absolute atomic E-state index is 0.0687. The molecular formula is C15H18Cl2N2O3. The number of hydrogen-bond donors (Lipinski definition) is 3. The molecule has 2 saturated heterocycles. The highest BCUT2D eigenvalue weighted by atomic mass is 35.5. The Bertz CT molecular complexity index is 590. The number of nitrogens with zero attached hydrogens (tertiary/aromatic N) is 1. The van der Waals surface area contributed by atoms with Crippen molar-refractivity contribution in [1.82, 2.24) is 10.2 Å². The van der Waals surface area contributed by atoms with E-state index in [1.54, 1.807) is 11.0 Å². The number of aliphatic hydroxyl groups excluding tert-OH is 1. The first kappa shape index (κ1) is 15.9. The van der Waals surface area contributed by atoms with Crippen molar-refractivity contribution in [3.8, 4) is 5.75 Å². The first-order chi connectivity index (χ1) is 10.5. The third kappa shape index (κ3) is 3.04. The van der Waals surface area contributed by atoms with Gasteiger partial charge in [0.2, 0.25) is 5.91 Å². The number of rotatable bonds is 3. The van der Waals surface area contributed by atoms with Gasteiger partial charge < -0.3 is 20.4 Å². The second-order valence-electron chi connectivity index (χ2n) is 6.01. The van der Waals surface area contributed by atoms with Crippen molar-refractivity contribution >= 4 is 29.1 Å². The van der Waals surface area contributed by atoms with Crippen molar-refractivity contribution < 1.29 is 15.0 Å². The van der Waals surface area contributed by atoms with Gasteiger partial charge in [-0.05, 0) is 31.0 Å². The van der Waals surface area contributed by atoms with E-state index in [-0.39, 0.29) is 29.7 Å². The van der Waals surface area contributed by atoms with E-state index in [4.69, 9.17) is 23.2 Å². The molecule has 1 aromatic rings. The number of phenolic OH excluding ortho intramolecular Hbond substituents is 1. The number of nitrogens with one attached hydrogen (secondary N) is 1. The van der Waals surface area contributed by atoms with Crippen molar-refractivity contribution in [2.24, 2.45) is 5.92 Å². The van der Waals surface area contributed by atoms with Crippen molar-refractivity contribution in [2.45, 2.75) is 25.0 Å². The lowest BCUT2D eigenvalue weighted by Crippen LogP contribution is -2.53. The summed E-state index contributed by atoms with van der Waals surface area (Å²) in [6.45, 7) is 1.56. The van der Waals surface area contributed by atoms with E-state index in [1.807, 2.05) is 0 Å². The molecule has 0 bridgehead atoms. The van der Waals surface area contributed by atoms with Gasteiger partial charge in [0.05, 0.1) is 16.1 Å². The smallest absolute Gasteiger partial charge is 0.223 e. The van der Waals surface area contributed by atoms with Gasteiger partial charge in [0.25, 0.3) is 0 Å². The SMILES string of the molecule is O=C(C[C@H]1CNC(c2c(O)ccc(Cl)c2Cl)C1)N1CC(O)C1. The van der Waals surface area contributed by atoms with Crippen LogP contribution in [0, 0.1) is 5.92 Å². The standard InChI is InChI=1S/C15H18Cl2N2O3/c16-10-1-2-12(21)14(15(10)17)11-3-8(5-18-11)4-13(22)19-6-9(20)7-19/h1-2,8-9,11,18,20-21H,3-7H2/t8-,11?/m0/s1. The molecule has 120 valence electrons. The third-order valence-corrected chi connectivity index (χ3v) is 5.18. The van der Waals surface area contributed by atoms with E-state index in [2.05, 4.69) is 5.32 Å². The fraction of sp³-hybridized carbons (Fsp3) is 0.533. The molecule has 1 amide bonds. The predicted octanol–water partition coefficient (Wildman–Crippen LogP) is 1.94. The molecule has 2 heterocycles. The van der Waals surface area contributed by atoms with E-state index in [1.165, 1.54) is 6.07 Å². The number of carbonyl (C=O) groups is 1. The van der Waals surface area contributed by atoms with E-state index in [0.29, 0.717) is 41.7 Å². The molecule has 0 aliphatic carbocycles. The molecule has 1 unspecified atom stereocenters. The summed E-state index contributed by atoms with van der Waals surface area (Å²) in [5.41, 5.74) is 0.600. The number of hydrogen-bond acceptors (Lipinski definition) is 4. The molecule has 2 aliphatic heterocycles. The maximum absolute atomic E-state index is 12.0. The van der Waals surface area contributed by atoms with Gasteiger partial charge in [-0.2, -0.15) is 0 Å². The molecule has 7 heteroatoms. The first-order valence-electron chi connectivity index (χ1n) is 7.31. The molecule has 2 aliphatic rings. The molecule has 3 N–H and O–H groups in total. The number of phenols is 1. The molecule has 2 fully saturated rings. The minimum Gasteiger partial charge on any atom is -0.508 e. The summed E-state index contributed by atoms with van der Waals surface area (Å²) in [5.74, 6) is 0.369. The highest BCUT2D eigenvalue weighted by Gasteiger charge is 2.34. The summed E-state index contributed by atoms with van der Waals surface area (Å²) in [6.07, 6.45) is 0.783. The second kappa shape index (κ2) is 6.24. The maximum atomic E-state index is 12.0. The highest BCUT2D eigenvalue weighted by Crippen LogP contribution is 2.41. The zero-order chi connectivity index (χ0) is 15.9. The number of amides is 1. The summed E-state index contributed by atoms with van der Waals surface area (Å²) in [4.78, 5) is 13.7. The van der Waals surface area contributed by atoms with Crippen LogP contribution in [0.5, 0.6) is 5.75 Å². The molecule has 5 nitrogen and oxygen atoms in total. The predicted molar refractivity (Wildman–Crippen MR) is 84.2 cm³/mol. The Hall–Kier alpha value is -1.01. The lowest BCUT2D eigenvalue weighted by Gasteiger charge is -2.36. The van der Waals surface area contributed by atoms with Crippen LogP contribution in [-0.2, 0) is 4.79 Å². The fourth-order valence-corrected chi connectivity index (χ4v) is 3.56. The minimum atomic E-state index is -0.374. The zero-order valence-corrected chi connectivity index (χ0v) is 13.4. The Morgan fingerprint density at radius 3 is 2.77 bits per heavy atom. The van der Waals surface area contributed by atoms with Crippen LogP contribution in [0.2, 0.25) is 10.0 Å². The molecular weight excluding hydrogens is 327 g/mol. The lowest BCUT2D eigenvalue weighted by molar-refractivity contribution is -0.142. The van der Waals surface area contributed by atoms with Crippen LogP contribution in [0.3, 0.4) is 0 Å². The van der Waals surface area contributed by atoms with Crippen LogP contribution in [0.25, 0.3) is 0 Å². The van der Waals surface area contributed by atoms with Gasteiger partial charge in [0.1, 0.15) is 5.75 Å². The molecule has 0 radical (unpaired) electrons. The van der Waals surface area contributed by atoms with Gasteiger partial charge in [0, 0.05) is 31.1 Å². The van der Waals surface area contributed by atoms with Crippen molar-refractivity contribution in [2.75, 3.05) is 19.6 Å². The summed E-state index contributed by atoms with van der Waals surface area (Å²) < 4.78 is 0. The van der Waals surface area contributed by atoms with Gasteiger partial charge in [0.15, 0.2) is 0 Å². The van der Waals surface area contributed by atoms with Gasteiger partial charge in [-0.1, -0.05) is 23.2 Å². The van der Waals surface area contributed by atoms with Crippen LogP contribution in [0.4, 0.5) is 0 Å². The van der Waals surface area contributed by atoms with Crippen LogP contribution < -0.4 is 5.32 Å². The molecule has 2 atom stereocenters. The van der Waals surface area contributed by atoms with E-state index in [9.17, 15) is 15.0 Å².